The van der Waals surface area contributed by atoms with Gasteiger partial charge in [0.2, 0.25) is 0 Å². The molecule has 1 aliphatic rings. The number of hydrogen-bond acceptors (Lipinski definition) is 5. The summed E-state index contributed by atoms with van der Waals surface area (Å²) < 4.78 is 6.03. The number of furan rings is 1. The van der Waals surface area contributed by atoms with Crippen LogP contribution < -0.4 is 9.80 Å². The number of carbonyl (C=O) groups excluding carboxylic acids is 1. The highest BCUT2D eigenvalue weighted by molar-refractivity contribution is 8.27. The molecule has 0 atom stereocenters. The van der Waals surface area contributed by atoms with E-state index in [2.05, 4.69) is 0 Å². The average Bonchev–Trinajstić information content (AvgIpc) is 3.03. The van der Waals surface area contributed by atoms with E-state index in [0.29, 0.717) is 15.0 Å². The van der Waals surface area contributed by atoms with Gasteiger partial charge in [0, 0.05) is 25.9 Å². The highest BCUT2D eigenvalue weighted by Gasteiger charge is 2.33. The molecule has 0 unspecified atom stereocenters. The lowest BCUT2D eigenvalue weighted by molar-refractivity contribution is -0.113. The molecule has 3 rings (SSSR count). The fourth-order valence-corrected chi connectivity index (χ4v) is 3.53. The van der Waals surface area contributed by atoms with E-state index in [-0.39, 0.29) is 5.91 Å². The van der Waals surface area contributed by atoms with Crippen molar-refractivity contribution in [2.45, 2.75) is 6.92 Å². The molecule has 1 aromatic heterocycles. The van der Waals surface area contributed by atoms with Gasteiger partial charge >= 0.3 is 0 Å². The molecule has 1 saturated heterocycles. The Hall–Kier alpha value is -2.05. The molecule has 0 saturated carbocycles. The first-order valence-corrected chi connectivity index (χ1v) is 8.30. The minimum absolute atomic E-state index is 0.119. The smallest absolute Gasteiger partial charge is 0.270 e. The Labute approximate surface area is 144 Å². The summed E-state index contributed by atoms with van der Waals surface area (Å²) in [6.45, 7) is 1.87. The number of thiocarbonyl (C=S) groups is 1. The van der Waals surface area contributed by atoms with Crippen LogP contribution in [0, 0.1) is 6.92 Å². The molecule has 1 aliphatic heterocycles. The molecule has 0 radical (unpaired) electrons. The van der Waals surface area contributed by atoms with Crippen molar-refractivity contribution < 1.29 is 9.21 Å². The fraction of sp³-hybridized carbons (Fsp3) is 0.176. The molecule has 0 aliphatic carbocycles. The fourth-order valence-electron chi connectivity index (χ4n) is 2.25. The highest BCUT2D eigenvalue weighted by atomic mass is 32.2. The lowest BCUT2D eigenvalue weighted by Gasteiger charge is -2.17. The van der Waals surface area contributed by atoms with E-state index in [0.717, 1.165) is 17.1 Å². The summed E-state index contributed by atoms with van der Waals surface area (Å²) in [7, 11) is 3.95. The number of rotatable bonds is 3. The monoisotopic (exact) mass is 344 g/mol. The maximum Gasteiger partial charge on any atom is 0.270 e. The maximum absolute atomic E-state index is 12.6. The second-order valence-electron chi connectivity index (χ2n) is 5.38. The zero-order valence-corrected chi connectivity index (χ0v) is 14.7. The number of hydrogen-bond donors (Lipinski definition) is 0. The van der Waals surface area contributed by atoms with Crippen molar-refractivity contribution in [1.29, 1.82) is 0 Å². The van der Waals surface area contributed by atoms with Crippen molar-refractivity contribution in [2.75, 3.05) is 23.9 Å². The van der Waals surface area contributed by atoms with E-state index < -0.39 is 0 Å². The molecule has 118 valence electrons. The van der Waals surface area contributed by atoms with E-state index in [9.17, 15) is 4.79 Å². The van der Waals surface area contributed by atoms with Crippen LogP contribution in [-0.2, 0) is 4.79 Å². The van der Waals surface area contributed by atoms with Crippen LogP contribution in [0.15, 0.2) is 45.7 Å². The highest BCUT2D eigenvalue weighted by Crippen LogP contribution is 2.36. The Bertz CT molecular complexity index is 791. The number of benzene rings is 1. The molecule has 2 aromatic rings. The van der Waals surface area contributed by atoms with Crippen LogP contribution in [0.1, 0.15) is 11.5 Å². The molecule has 0 spiro atoms. The van der Waals surface area contributed by atoms with Gasteiger partial charge in [0.05, 0.1) is 10.6 Å². The minimum atomic E-state index is -0.119. The summed E-state index contributed by atoms with van der Waals surface area (Å²) in [6, 6.07) is 11.4. The van der Waals surface area contributed by atoms with E-state index >= 15 is 0 Å². The largest absolute Gasteiger partial charge is 0.462 e. The molecular weight excluding hydrogens is 328 g/mol. The van der Waals surface area contributed by atoms with E-state index in [1.807, 2.05) is 62.3 Å². The Morgan fingerprint density at radius 2 is 1.87 bits per heavy atom. The third kappa shape index (κ3) is 3.18. The van der Waals surface area contributed by atoms with Gasteiger partial charge in [0.25, 0.3) is 5.91 Å². The zero-order chi connectivity index (χ0) is 16.6. The minimum Gasteiger partial charge on any atom is -0.462 e. The third-order valence-corrected chi connectivity index (χ3v) is 4.75. The van der Waals surface area contributed by atoms with Gasteiger partial charge in [-0.1, -0.05) is 24.0 Å². The van der Waals surface area contributed by atoms with Crippen molar-refractivity contribution in [3.63, 3.8) is 0 Å². The summed E-state index contributed by atoms with van der Waals surface area (Å²) in [4.78, 5) is 16.8. The molecular formula is C17H16N2O2S2. The van der Waals surface area contributed by atoms with E-state index in [1.165, 1.54) is 11.8 Å². The van der Waals surface area contributed by atoms with Gasteiger partial charge in [0.1, 0.15) is 11.5 Å². The van der Waals surface area contributed by atoms with Gasteiger partial charge in [-0.3, -0.25) is 9.69 Å². The second-order valence-corrected chi connectivity index (χ2v) is 7.05. The number of aryl methyl sites for hydroxylation is 1. The predicted molar refractivity (Wildman–Crippen MR) is 99.9 cm³/mol. The van der Waals surface area contributed by atoms with Gasteiger partial charge < -0.3 is 9.32 Å². The summed E-state index contributed by atoms with van der Waals surface area (Å²) in [5.41, 5.74) is 1.85. The molecule has 23 heavy (non-hydrogen) atoms. The van der Waals surface area contributed by atoms with Gasteiger partial charge in [-0.2, -0.15) is 0 Å². The van der Waals surface area contributed by atoms with Crippen LogP contribution in [0.3, 0.4) is 0 Å². The van der Waals surface area contributed by atoms with Crippen LogP contribution in [0.2, 0.25) is 0 Å². The number of thioether (sulfide) groups is 1. The van der Waals surface area contributed by atoms with Gasteiger partial charge in [-0.15, -0.1) is 0 Å². The second kappa shape index (κ2) is 6.22. The van der Waals surface area contributed by atoms with Crippen LogP contribution in [0.4, 0.5) is 11.4 Å². The normalized spacial score (nSPS) is 16.5. The summed E-state index contributed by atoms with van der Waals surface area (Å²) >= 11 is 6.66. The Kier molecular flexibility index (Phi) is 4.28. The van der Waals surface area contributed by atoms with Gasteiger partial charge in [-0.25, -0.2) is 0 Å². The maximum atomic E-state index is 12.6. The van der Waals surface area contributed by atoms with Crippen LogP contribution >= 0.6 is 24.0 Å². The number of nitrogens with zero attached hydrogens (tertiary/aromatic N) is 2. The molecule has 0 N–H and O–H groups in total. The molecule has 4 nitrogen and oxygen atoms in total. The molecule has 2 heterocycles. The van der Waals surface area contributed by atoms with Crippen LogP contribution in [-0.4, -0.2) is 24.3 Å². The van der Waals surface area contributed by atoms with Crippen LogP contribution in [0.5, 0.6) is 0 Å². The molecule has 1 amide bonds. The van der Waals surface area contributed by atoms with Crippen LogP contribution in [0.25, 0.3) is 6.08 Å². The summed E-state index contributed by atoms with van der Waals surface area (Å²) in [5.74, 6) is 1.35. The number of anilines is 2. The Balaban J connectivity index is 1.88. The number of carbonyl (C=O) groups is 1. The number of amides is 1. The average molecular weight is 344 g/mol. The first-order chi connectivity index (χ1) is 11.0. The first kappa shape index (κ1) is 15.8. The first-order valence-electron chi connectivity index (χ1n) is 7.07. The standard InChI is InChI=1S/C17H16N2O2S2/c1-11-4-9-14(21-11)10-15-16(20)19(17(22)23-15)13-7-5-12(6-8-13)18(2)3/h4-10H,1-3H3/b15-10-. The van der Waals surface area contributed by atoms with Crippen molar-refractivity contribution in [1.82, 2.24) is 0 Å². The van der Waals surface area contributed by atoms with Gasteiger partial charge in [-0.05, 0) is 43.3 Å². The molecule has 0 bridgehead atoms. The molecule has 1 fully saturated rings. The van der Waals surface area contributed by atoms with Gasteiger partial charge in [0.15, 0.2) is 4.32 Å². The van der Waals surface area contributed by atoms with Crippen molar-refractivity contribution in [3.8, 4) is 0 Å². The SMILES string of the molecule is Cc1ccc(/C=C2\SC(=S)N(c3ccc(N(C)C)cc3)C2=O)o1. The topological polar surface area (TPSA) is 36.7 Å². The van der Waals surface area contributed by atoms with Crippen molar-refractivity contribution in [2.24, 2.45) is 0 Å². The quantitative estimate of drug-likeness (QED) is 0.620. The lowest BCUT2D eigenvalue weighted by Crippen LogP contribution is -2.27. The Morgan fingerprint density at radius 1 is 1.17 bits per heavy atom. The summed E-state index contributed by atoms with van der Waals surface area (Å²) in [5, 5.41) is 0. The molecule has 6 heteroatoms. The third-order valence-electron chi connectivity index (χ3n) is 3.45. The summed E-state index contributed by atoms with van der Waals surface area (Å²) in [6.07, 6.45) is 1.74. The van der Waals surface area contributed by atoms with E-state index in [1.54, 1.807) is 11.0 Å². The molecule has 1 aromatic carbocycles. The van der Waals surface area contributed by atoms with Crippen molar-refractivity contribution >= 4 is 51.7 Å². The van der Waals surface area contributed by atoms with Crippen molar-refractivity contribution in [3.05, 3.63) is 52.8 Å². The lowest BCUT2D eigenvalue weighted by atomic mass is 10.2. The predicted octanol–water partition coefficient (Wildman–Crippen LogP) is 4.06. The zero-order valence-electron chi connectivity index (χ0n) is 13.1. The van der Waals surface area contributed by atoms with E-state index in [4.69, 9.17) is 16.6 Å². The Morgan fingerprint density at radius 3 is 2.43 bits per heavy atom.